The number of rotatable bonds is 4. The second-order valence-corrected chi connectivity index (χ2v) is 4.02. The molecule has 1 aromatic carbocycles. The molecule has 0 amide bonds. The van der Waals surface area contributed by atoms with E-state index in [-0.39, 0.29) is 29.7 Å². The molecular formula is C14H16IN3O2. The molecule has 5 nitrogen and oxygen atoms in total. The maximum atomic E-state index is 9.88. The van der Waals surface area contributed by atoms with Crippen LogP contribution in [0.1, 0.15) is 5.56 Å². The highest BCUT2D eigenvalue weighted by molar-refractivity contribution is 5.85. The molecule has 2 rings (SSSR count). The van der Waals surface area contributed by atoms with Crippen molar-refractivity contribution in [3.63, 3.8) is 0 Å². The summed E-state index contributed by atoms with van der Waals surface area (Å²) in [7, 11) is 3.46. The molecule has 0 fully saturated rings. The van der Waals surface area contributed by atoms with Gasteiger partial charge in [-0.15, -0.1) is 0 Å². The van der Waals surface area contributed by atoms with Crippen molar-refractivity contribution in [1.82, 2.24) is 0 Å². The molecule has 0 aliphatic rings. The van der Waals surface area contributed by atoms with Crippen molar-refractivity contribution in [3.05, 3.63) is 48.3 Å². The van der Waals surface area contributed by atoms with E-state index in [1.165, 1.54) is 7.11 Å². The highest BCUT2D eigenvalue weighted by Gasteiger charge is 2.04. The van der Waals surface area contributed by atoms with Gasteiger partial charge in [-0.25, -0.2) is 4.57 Å². The van der Waals surface area contributed by atoms with Crippen molar-refractivity contribution >= 4 is 11.9 Å². The summed E-state index contributed by atoms with van der Waals surface area (Å²) in [4.78, 5) is 0. The minimum Gasteiger partial charge on any atom is -1.00 e. The van der Waals surface area contributed by atoms with Crippen molar-refractivity contribution in [1.29, 1.82) is 0 Å². The van der Waals surface area contributed by atoms with Crippen LogP contribution in [0.4, 0.5) is 5.69 Å². The van der Waals surface area contributed by atoms with E-state index in [0.717, 1.165) is 5.69 Å². The SMILES string of the molecule is COc1cccc(/C=N/Nc2cc[n+](C)cc2)c1O.[I-]. The Bertz CT molecular complexity index is 585. The van der Waals surface area contributed by atoms with Crippen LogP contribution in [0, 0.1) is 0 Å². The molecule has 106 valence electrons. The fraction of sp³-hybridized carbons (Fsp3) is 0.143. The van der Waals surface area contributed by atoms with Crippen LogP contribution in [-0.2, 0) is 7.05 Å². The standard InChI is InChI=1S/C14H15N3O2.HI/c1-17-8-6-12(7-9-17)16-15-10-11-4-3-5-13(19-2)14(11)18;/h3-10H,1-2H3,(H,15,18);1H. The number of aromatic nitrogens is 1. The van der Waals surface area contributed by atoms with Gasteiger partial charge in [-0.3, -0.25) is 5.43 Å². The Balaban J connectivity index is 0.00000200. The van der Waals surface area contributed by atoms with Gasteiger partial charge in [0, 0.05) is 17.7 Å². The lowest BCUT2D eigenvalue weighted by Crippen LogP contribution is -3.00. The van der Waals surface area contributed by atoms with E-state index in [0.29, 0.717) is 11.3 Å². The summed E-state index contributed by atoms with van der Waals surface area (Å²) in [5, 5.41) is 14.0. The average molecular weight is 385 g/mol. The molecule has 2 aromatic rings. The number of benzene rings is 1. The van der Waals surface area contributed by atoms with E-state index >= 15 is 0 Å². The Morgan fingerprint density at radius 1 is 1.25 bits per heavy atom. The van der Waals surface area contributed by atoms with E-state index in [1.54, 1.807) is 24.4 Å². The number of ether oxygens (including phenoxy) is 1. The summed E-state index contributed by atoms with van der Waals surface area (Å²) in [6, 6.07) is 9.05. The Hall–Kier alpha value is -1.83. The van der Waals surface area contributed by atoms with Gasteiger partial charge in [0.15, 0.2) is 23.9 Å². The Kier molecular flexibility index (Phi) is 6.23. The van der Waals surface area contributed by atoms with Crippen molar-refractivity contribution in [2.45, 2.75) is 0 Å². The number of hydrazone groups is 1. The molecule has 0 saturated carbocycles. The maximum absolute atomic E-state index is 9.88. The third-order valence-corrected chi connectivity index (χ3v) is 2.63. The predicted octanol–water partition coefficient (Wildman–Crippen LogP) is -1.32. The molecule has 6 heteroatoms. The zero-order chi connectivity index (χ0) is 13.7. The molecule has 0 atom stereocenters. The van der Waals surface area contributed by atoms with Crippen LogP contribution < -0.4 is 38.7 Å². The Morgan fingerprint density at radius 3 is 2.60 bits per heavy atom. The highest BCUT2D eigenvalue weighted by Crippen LogP contribution is 2.27. The fourth-order valence-corrected chi connectivity index (χ4v) is 1.56. The first-order valence-corrected chi connectivity index (χ1v) is 5.81. The lowest BCUT2D eigenvalue weighted by Gasteiger charge is -2.05. The van der Waals surface area contributed by atoms with Crippen LogP contribution in [-0.4, -0.2) is 18.4 Å². The summed E-state index contributed by atoms with van der Waals surface area (Å²) < 4.78 is 6.96. The number of phenols is 1. The van der Waals surface area contributed by atoms with Crippen LogP contribution >= 0.6 is 0 Å². The van der Waals surface area contributed by atoms with Gasteiger partial charge in [-0.2, -0.15) is 5.10 Å². The summed E-state index contributed by atoms with van der Waals surface area (Å²) in [5.74, 6) is 0.505. The summed E-state index contributed by atoms with van der Waals surface area (Å²) in [5.41, 5.74) is 4.35. The third kappa shape index (κ3) is 4.09. The number of hydrogen-bond acceptors (Lipinski definition) is 4. The van der Waals surface area contributed by atoms with Gasteiger partial charge in [-0.1, -0.05) is 6.07 Å². The van der Waals surface area contributed by atoms with Crippen molar-refractivity contribution in [3.8, 4) is 11.5 Å². The summed E-state index contributed by atoms with van der Waals surface area (Å²) in [6.07, 6.45) is 5.38. The molecule has 0 radical (unpaired) electrons. The van der Waals surface area contributed by atoms with Gasteiger partial charge < -0.3 is 33.8 Å². The number of anilines is 1. The van der Waals surface area contributed by atoms with Gasteiger partial charge in [0.25, 0.3) is 0 Å². The number of hydrogen-bond donors (Lipinski definition) is 2. The van der Waals surface area contributed by atoms with Crippen LogP contribution in [0.25, 0.3) is 0 Å². The van der Waals surface area contributed by atoms with Gasteiger partial charge >= 0.3 is 0 Å². The number of pyridine rings is 1. The second kappa shape index (κ2) is 7.68. The smallest absolute Gasteiger partial charge is 0.170 e. The van der Waals surface area contributed by atoms with E-state index in [2.05, 4.69) is 10.5 Å². The molecule has 0 saturated heterocycles. The molecule has 20 heavy (non-hydrogen) atoms. The molecular weight excluding hydrogens is 369 g/mol. The quantitative estimate of drug-likeness (QED) is 0.297. The maximum Gasteiger partial charge on any atom is 0.170 e. The molecule has 0 bridgehead atoms. The summed E-state index contributed by atoms with van der Waals surface area (Å²) in [6.45, 7) is 0. The Labute approximate surface area is 134 Å². The van der Waals surface area contributed by atoms with E-state index in [1.807, 2.05) is 36.1 Å². The molecule has 2 N–H and O–H groups in total. The molecule has 0 spiro atoms. The van der Waals surface area contributed by atoms with Gasteiger partial charge in [0.2, 0.25) is 0 Å². The van der Waals surface area contributed by atoms with Gasteiger partial charge in [0.1, 0.15) is 7.05 Å². The number of para-hydroxylation sites is 1. The highest BCUT2D eigenvalue weighted by atomic mass is 127. The first-order valence-electron chi connectivity index (χ1n) is 5.81. The zero-order valence-electron chi connectivity index (χ0n) is 11.2. The van der Waals surface area contributed by atoms with Crippen molar-refractivity contribution in [2.75, 3.05) is 12.5 Å². The number of phenolic OH excluding ortho intramolecular Hbond substituents is 1. The number of aromatic hydroxyl groups is 1. The molecule has 0 aliphatic heterocycles. The van der Waals surface area contributed by atoms with Crippen molar-refractivity contribution in [2.24, 2.45) is 12.1 Å². The lowest BCUT2D eigenvalue weighted by molar-refractivity contribution is -0.671. The Morgan fingerprint density at radius 2 is 1.95 bits per heavy atom. The molecule has 1 heterocycles. The minimum absolute atomic E-state index is 0. The monoisotopic (exact) mass is 385 g/mol. The third-order valence-electron chi connectivity index (χ3n) is 2.63. The average Bonchev–Trinajstić information content (AvgIpc) is 2.43. The minimum atomic E-state index is 0. The lowest BCUT2D eigenvalue weighted by atomic mass is 10.2. The largest absolute Gasteiger partial charge is 1.00 e. The number of nitrogens with zero attached hydrogens (tertiary/aromatic N) is 2. The molecule has 0 aliphatic carbocycles. The van der Waals surface area contributed by atoms with E-state index in [9.17, 15) is 5.11 Å². The normalized spacial score (nSPS) is 10.1. The number of aryl methyl sites for hydroxylation is 1. The van der Waals surface area contributed by atoms with Crippen LogP contribution in [0.15, 0.2) is 47.8 Å². The first kappa shape index (κ1) is 16.2. The first-order chi connectivity index (χ1) is 9.20. The molecule has 1 aromatic heterocycles. The number of nitrogens with one attached hydrogen (secondary N) is 1. The number of methoxy groups -OCH3 is 1. The van der Waals surface area contributed by atoms with E-state index in [4.69, 9.17) is 4.74 Å². The van der Waals surface area contributed by atoms with E-state index < -0.39 is 0 Å². The van der Waals surface area contributed by atoms with Crippen LogP contribution in [0.2, 0.25) is 0 Å². The van der Waals surface area contributed by atoms with Gasteiger partial charge in [0.05, 0.1) is 19.0 Å². The predicted molar refractivity (Wildman–Crippen MR) is 73.5 cm³/mol. The molecule has 0 unspecified atom stereocenters. The zero-order valence-corrected chi connectivity index (χ0v) is 13.4. The fourth-order valence-electron chi connectivity index (χ4n) is 1.56. The summed E-state index contributed by atoms with van der Waals surface area (Å²) >= 11 is 0. The van der Waals surface area contributed by atoms with Gasteiger partial charge in [-0.05, 0) is 12.1 Å². The van der Waals surface area contributed by atoms with Crippen LogP contribution in [0.5, 0.6) is 11.5 Å². The topological polar surface area (TPSA) is 57.7 Å². The number of halogens is 1. The van der Waals surface area contributed by atoms with Crippen molar-refractivity contribution < 1.29 is 38.4 Å². The van der Waals surface area contributed by atoms with Crippen LogP contribution in [0.3, 0.4) is 0 Å². The second-order valence-electron chi connectivity index (χ2n) is 4.02.